The van der Waals surface area contributed by atoms with Gasteiger partial charge in [-0.25, -0.2) is 4.98 Å². The van der Waals surface area contributed by atoms with Crippen LogP contribution < -0.4 is 11.1 Å². The van der Waals surface area contributed by atoms with E-state index in [4.69, 9.17) is 10.8 Å². The van der Waals surface area contributed by atoms with Gasteiger partial charge in [-0.05, 0) is 61.9 Å². The molecule has 31 heavy (non-hydrogen) atoms. The third-order valence-corrected chi connectivity index (χ3v) is 6.17. The molecule has 0 fully saturated rings. The smallest absolute Gasteiger partial charge is 0.320 e. The topological polar surface area (TPSA) is 105 Å². The number of carbonyl (C=O) groups is 2. The maximum Gasteiger partial charge on any atom is 0.320 e. The SMILES string of the molecule is Cc1nc(C)c(-c2ccccc2CCCNC(=O)c2ccc(C[C@H](N)C(=O)O)cc2)s1. The number of aryl methyl sites for hydroxylation is 3. The number of amides is 1. The molecule has 162 valence electrons. The van der Waals surface area contributed by atoms with Crippen LogP contribution in [-0.2, 0) is 17.6 Å². The Labute approximate surface area is 186 Å². The first kappa shape index (κ1) is 22.7. The summed E-state index contributed by atoms with van der Waals surface area (Å²) in [6, 6.07) is 14.3. The summed E-state index contributed by atoms with van der Waals surface area (Å²) in [5.74, 6) is -1.18. The van der Waals surface area contributed by atoms with Crippen LogP contribution in [0.1, 0.15) is 38.6 Å². The molecule has 0 unspecified atom stereocenters. The zero-order valence-electron chi connectivity index (χ0n) is 17.7. The van der Waals surface area contributed by atoms with Crippen LogP contribution in [0, 0.1) is 13.8 Å². The predicted molar refractivity (Wildman–Crippen MR) is 123 cm³/mol. The van der Waals surface area contributed by atoms with Gasteiger partial charge in [0.2, 0.25) is 0 Å². The lowest BCUT2D eigenvalue weighted by molar-refractivity contribution is -0.138. The third-order valence-electron chi connectivity index (χ3n) is 5.06. The van der Waals surface area contributed by atoms with Crippen molar-refractivity contribution in [1.82, 2.24) is 10.3 Å². The maximum atomic E-state index is 12.4. The number of benzene rings is 2. The van der Waals surface area contributed by atoms with E-state index < -0.39 is 12.0 Å². The number of carbonyl (C=O) groups excluding carboxylic acids is 1. The summed E-state index contributed by atoms with van der Waals surface area (Å²) < 4.78 is 0. The van der Waals surface area contributed by atoms with Crippen LogP contribution >= 0.6 is 11.3 Å². The van der Waals surface area contributed by atoms with Gasteiger partial charge in [-0.2, -0.15) is 0 Å². The van der Waals surface area contributed by atoms with Gasteiger partial charge in [-0.3, -0.25) is 9.59 Å². The van der Waals surface area contributed by atoms with Crippen molar-refractivity contribution >= 4 is 23.2 Å². The van der Waals surface area contributed by atoms with Crippen LogP contribution in [0.4, 0.5) is 0 Å². The minimum Gasteiger partial charge on any atom is -0.480 e. The Bertz CT molecular complexity index is 1060. The van der Waals surface area contributed by atoms with E-state index in [9.17, 15) is 9.59 Å². The Morgan fingerprint density at radius 3 is 2.48 bits per heavy atom. The number of nitrogens with zero attached hydrogens (tertiary/aromatic N) is 1. The zero-order chi connectivity index (χ0) is 22.4. The molecule has 0 saturated heterocycles. The summed E-state index contributed by atoms with van der Waals surface area (Å²) in [6.45, 7) is 4.63. The second-order valence-electron chi connectivity index (χ2n) is 7.51. The minimum absolute atomic E-state index is 0.142. The summed E-state index contributed by atoms with van der Waals surface area (Å²) in [5, 5.41) is 12.9. The summed E-state index contributed by atoms with van der Waals surface area (Å²) in [4.78, 5) is 29.0. The molecule has 0 saturated carbocycles. The predicted octanol–water partition coefficient (Wildman–Crippen LogP) is 3.74. The second kappa shape index (κ2) is 10.3. The van der Waals surface area contributed by atoms with E-state index in [1.807, 2.05) is 26.0 Å². The Balaban J connectivity index is 1.53. The molecule has 3 rings (SSSR count). The van der Waals surface area contributed by atoms with Gasteiger partial charge in [-0.1, -0.05) is 36.4 Å². The van der Waals surface area contributed by atoms with E-state index in [1.165, 1.54) is 16.0 Å². The third kappa shape index (κ3) is 5.99. The summed E-state index contributed by atoms with van der Waals surface area (Å²) in [7, 11) is 0. The average Bonchev–Trinajstić information content (AvgIpc) is 3.09. The van der Waals surface area contributed by atoms with Crippen LogP contribution in [0.2, 0.25) is 0 Å². The van der Waals surface area contributed by atoms with Crippen LogP contribution in [-0.4, -0.2) is 34.6 Å². The molecule has 4 N–H and O–H groups in total. The molecule has 0 radical (unpaired) electrons. The van der Waals surface area contributed by atoms with Gasteiger partial charge in [-0.15, -0.1) is 11.3 Å². The molecule has 1 heterocycles. The van der Waals surface area contributed by atoms with E-state index in [2.05, 4.69) is 22.4 Å². The van der Waals surface area contributed by atoms with Crippen LogP contribution in [0.5, 0.6) is 0 Å². The number of carboxylic acid groups (broad SMARTS) is 1. The number of aliphatic carboxylic acids is 1. The lowest BCUT2D eigenvalue weighted by Crippen LogP contribution is -2.32. The van der Waals surface area contributed by atoms with E-state index in [1.54, 1.807) is 35.6 Å². The highest BCUT2D eigenvalue weighted by atomic mass is 32.1. The van der Waals surface area contributed by atoms with E-state index in [0.29, 0.717) is 12.1 Å². The molecule has 6 nitrogen and oxygen atoms in total. The van der Waals surface area contributed by atoms with E-state index >= 15 is 0 Å². The van der Waals surface area contributed by atoms with Crippen molar-refractivity contribution in [3.8, 4) is 10.4 Å². The van der Waals surface area contributed by atoms with E-state index in [0.717, 1.165) is 29.1 Å². The van der Waals surface area contributed by atoms with Gasteiger partial charge in [0.1, 0.15) is 6.04 Å². The van der Waals surface area contributed by atoms with Gasteiger partial charge in [0, 0.05) is 12.1 Å². The van der Waals surface area contributed by atoms with Crippen molar-refractivity contribution in [2.24, 2.45) is 5.73 Å². The lowest BCUT2D eigenvalue weighted by atomic mass is 10.0. The second-order valence-corrected chi connectivity index (χ2v) is 8.71. The first-order valence-corrected chi connectivity index (χ1v) is 11.0. The Hall–Kier alpha value is -3.03. The van der Waals surface area contributed by atoms with E-state index in [-0.39, 0.29) is 12.3 Å². The number of aromatic nitrogens is 1. The fourth-order valence-electron chi connectivity index (χ4n) is 3.46. The van der Waals surface area contributed by atoms with Crippen LogP contribution in [0.15, 0.2) is 48.5 Å². The maximum absolute atomic E-state index is 12.4. The number of nitrogens with one attached hydrogen (secondary N) is 1. The number of rotatable bonds is 9. The quantitative estimate of drug-likeness (QED) is 0.442. The number of nitrogens with two attached hydrogens (primary N) is 1. The largest absolute Gasteiger partial charge is 0.480 e. The molecular formula is C24H27N3O3S. The Morgan fingerprint density at radius 2 is 1.84 bits per heavy atom. The fourth-order valence-corrected chi connectivity index (χ4v) is 4.44. The van der Waals surface area contributed by atoms with Crippen LogP contribution in [0.25, 0.3) is 10.4 Å². The number of carboxylic acids is 1. The molecule has 0 aliphatic carbocycles. The number of thiazole rings is 1. The highest BCUT2D eigenvalue weighted by Crippen LogP contribution is 2.32. The van der Waals surface area contributed by atoms with Gasteiger partial charge in [0.25, 0.3) is 5.91 Å². The molecule has 0 bridgehead atoms. The summed E-state index contributed by atoms with van der Waals surface area (Å²) in [6.07, 6.45) is 1.92. The standard InChI is InChI=1S/C24H27N3O3S/c1-15-22(31-16(2)27-15)20-8-4-3-6-18(20)7-5-13-26-23(28)19-11-9-17(10-12-19)14-21(25)24(29)30/h3-4,6,8-12,21H,5,7,13-14,25H2,1-2H3,(H,26,28)(H,29,30)/t21-/m0/s1. The van der Waals surface area contributed by atoms with Crippen molar-refractivity contribution < 1.29 is 14.7 Å². The van der Waals surface area contributed by atoms with Crippen molar-refractivity contribution in [2.75, 3.05) is 6.54 Å². The first-order valence-electron chi connectivity index (χ1n) is 10.2. The Kier molecular flexibility index (Phi) is 7.55. The van der Waals surface area contributed by atoms with Crippen molar-refractivity contribution in [2.45, 2.75) is 39.2 Å². The van der Waals surface area contributed by atoms with Crippen molar-refractivity contribution in [3.63, 3.8) is 0 Å². The fraction of sp³-hybridized carbons (Fsp3) is 0.292. The average molecular weight is 438 g/mol. The molecular weight excluding hydrogens is 410 g/mol. The molecule has 1 amide bonds. The van der Waals surface area contributed by atoms with Gasteiger partial charge in [0.15, 0.2) is 0 Å². The van der Waals surface area contributed by atoms with Crippen molar-refractivity contribution in [3.05, 3.63) is 75.9 Å². The van der Waals surface area contributed by atoms with Gasteiger partial charge in [0.05, 0.1) is 15.6 Å². The Morgan fingerprint density at radius 1 is 1.13 bits per heavy atom. The van der Waals surface area contributed by atoms with Gasteiger partial charge < -0.3 is 16.2 Å². The molecule has 1 atom stereocenters. The molecule has 0 aliphatic heterocycles. The van der Waals surface area contributed by atoms with Crippen LogP contribution in [0.3, 0.4) is 0 Å². The number of hydrogen-bond acceptors (Lipinski definition) is 5. The highest BCUT2D eigenvalue weighted by molar-refractivity contribution is 7.15. The number of hydrogen-bond donors (Lipinski definition) is 3. The summed E-state index contributed by atoms with van der Waals surface area (Å²) in [5.41, 5.74) is 10.4. The molecule has 0 aliphatic rings. The normalized spacial score (nSPS) is 11.8. The molecule has 2 aromatic carbocycles. The molecule has 7 heteroatoms. The molecule has 1 aromatic heterocycles. The first-order chi connectivity index (χ1) is 14.8. The van der Waals surface area contributed by atoms with Crippen molar-refractivity contribution in [1.29, 1.82) is 0 Å². The zero-order valence-corrected chi connectivity index (χ0v) is 18.5. The lowest BCUT2D eigenvalue weighted by Gasteiger charge is -2.10. The minimum atomic E-state index is -1.04. The molecule has 3 aromatic rings. The summed E-state index contributed by atoms with van der Waals surface area (Å²) >= 11 is 1.71. The monoisotopic (exact) mass is 437 g/mol. The highest BCUT2D eigenvalue weighted by Gasteiger charge is 2.13. The van der Waals surface area contributed by atoms with Gasteiger partial charge >= 0.3 is 5.97 Å². The molecule has 0 spiro atoms.